The molecular formula is C21H25FN4O2. The number of piperazine rings is 1. The smallest absolute Gasteiger partial charge is 0.272 e. The van der Waals surface area contributed by atoms with Crippen LogP contribution in [-0.4, -0.2) is 53.4 Å². The Hall–Kier alpha value is -2.96. The minimum absolute atomic E-state index is 0.214. The van der Waals surface area contributed by atoms with E-state index in [0.29, 0.717) is 31.9 Å². The van der Waals surface area contributed by atoms with Crippen molar-refractivity contribution >= 4 is 17.5 Å². The van der Waals surface area contributed by atoms with Crippen LogP contribution in [0.2, 0.25) is 0 Å². The van der Waals surface area contributed by atoms with Crippen molar-refractivity contribution in [3.63, 3.8) is 0 Å². The van der Waals surface area contributed by atoms with E-state index >= 15 is 0 Å². The Balaban J connectivity index is 1.66. The van der Waals surface area contributed by atoms with Crippen LogP contribution in [0.3, 0.4) is 0 Å². The lowest BCUT2D eigenvalue weighted by molar-refractivity contribution is 0.0740. The van der Waals surface area contributed by atoms with Crippen LogP contribution in [0.25, 0.3) is 0 Å². The highest BCUT2D eigenvalue weighted by molar-refractivity contribution is 5.96. The largest absolute Gasteiger partial charge is 0.366 e. The van der Waals surface area contributed by atoms with Gasteiger partial charge in [0.15, 0.2) is 0 Å². The Morgan fingerprint density at radius 3 is 2.25 bits per heavy atom. The van der Waals surface area contributed by atoms with Gasteiger partial charge in [0.1, 0.15) is 17.2 Å². The van der Waals surface area contributed by atoms with E-state index in [2.05, 4.69) is 10.3 Å². The average Bonchev–Trinajstić information content (AvgIpc) is 2.67. The molecule has 1 aromatic heterocycles. The monoisotopic (exact) mass is 384 g/mol. The predicted molar refractivity (Wildman–Crippen MR) is 106 cm³/mol. The average molecular weight is 384 g/mol. The molecule has 148 valence electrons. The van der Waals surface area contributed by atoms with Crippen LogP contribution < -0.4 is 10.2 Å². The number of hydrogen-bond donors (Lipinski definition) is 1. The van der Waals surface area contributed by atoms with Gasteiger partial charge in [0, 0.05) is 31.7 Å². The number of aromatic nitrogens is 1. The molecule has 28 heavy (non-hydrogen) atoms. The van der Waals surface area contributed by atoms with E-state index in [-0.39, 0.29) is 34.6 Å². The summed E-state index contributed by atoms with van der Waals surface area (Å²) in [4.78, 5) is 33.0. The number of nitrogens with zero attached hydrogens (tertiary/aromatic N) is 3. The minimum Gasteiger partial charge on any atom is -0.366 e. The summed E-state index contributed by atoms with van der Waals surface area (Å²) in [6, 6.07) is 11.5. The fourth-order valence-corrected chi connectivity index (χ4v) is 3.11. The molecule has 1 aliphatic rings. The number of carbonyl (C=O) groups excluding carboxylic acids is 2. The molecule has 0 unspecified atom stereocenters. The van der Waals surface area contributed by atoms with Gasteiger partial charge in [0.2, 0.25) is 0 Å². The molecule has 2 heterocycles. The van der Waals surface area contributed by atoms with E-state index in [1.165, 1.54) is 6.07 Å². The van der Waals surface area contributed by atoms with Gasteiger partial charge in [-0.25, -0.2) is 9.37 Å². The Morgan fingerprint density at radius 2 is 1.61 bits per heavy atom. The Bertz CT molecular complexity index is 871. The topological polar surface area (TPSA) is 65.5 Å². The maximum Gasteiger partial charge on any atom is 0.272 e. The highest BCUT2D eigenvalue weighted by Crippen LogP contribution is 2.20. The van der Waals surface area contributed by atoms with Gasteiger partial charge in [0.05, 0.1) is 5.69 Å². The molecule has 0 aliphatic carbocycles. The second-order valence-electron chi connectivity index (χ2n) is 7.84. The summed E-state index contributed by atoms with van der Waals surface area (Å²) < 4.78 is 14.0. The van der Waals surface area contributed by atoms with Crippen molar-refractivity contribution in [1.82, 2.24) is 15.2 Å². The van der Waals surface area contributed by atoms with Crippen LogP contribution in [0.1, 0.15) is 41.7 Å². The van der Waals surface area contributed by atoms with E-state index in [4.69, 9.17) is 0 Å². The Morgan fingerprint density at radius 1 is 0.964 bits per heavy atom. The van der Waals surface area contributed by atoms with E-state index in [1.807, 2.05) is 25.7 Å². The van der Waals surface area contributed by atoms with Gasteiger partial charge in [-0.3, -0.25) is 9.59 Å². The number of nitrogens with one attached hydrogen (secondary N) is 1. The molecule has 1 aliphatic heterocycles. The molecule has 0 atom stereocenters. The van der Waals surface area contributed by atoms with E-state index in [9.17, 15) is 14.0 Å². The fourth-order valence-electron chi connectivity index (χ4n) is 3.11. The molecule has 1 N–H and O–H groups in total. The van der Waals surface area contributed by atoms with E-state index < -0.39 is 0 Å². The molecule has 1 fully saturated rings. The predicted octanol–water partition coefficient (Wildman–Crippen LogP) is 2.71. The number of para-hydroxylation sites is 1. The maximum atomic E-state index is 14.0. The standard InChI is InChI=1S/C21H25FN4O2/c1-21(2,3)24-19(27)16-8-6-9-17(23-16)20(28)26-13-11-25(12-14-26)18-10-5-4-7-15(18)22/h4-10H,11-14H2,1-3H3,(H,24,27). The van der Waals surface area contributed by atoms with Gasteiger partial charge in [-0.1, -0.05) is 18.2 Å². The first-order chi connectivity index (χ1) is 13.2. The number of benzene rings is 1. The lowest BCUT2D eigenvalue weighted by Gasteiger charge is -2.36. The highest BCUT2D eigenvalue weighted by Gasteiger charge is 2.25. The van der Waals surface area contributed by atoms with Gasteiger partial charge in [0.25, 0.3) is 11.8 Å². The molecule has 6 nitrogen and oxygen atoms in total. The number of pyridine rings is 1. The molecule has 2 amide bonds. The van der Waals surface area contributed by atoms with Crippen LogP contribution in [0.5, 0.6) is 0 Å². The van der Waals surface area contributed by atoms with Crippen molar-refractivity contribution in [3.05, 3.63) is 59.7 Å². The van der Waals surface area contributed by atoms with Crippen LogP contribution in [0.15, 0.2) is 42.5 Å². The number of rotatable bonds is 3. The van der Waals surface area contributed by atoms with Crippen molar-refractivity contribution in [3.8, 4) is 0 Å². The van der Waals surface area contributed by atoms with Crippen LogP contribution in [0, 0.1) is 5.82 Å². The molecular weight excluding hydrogens is 359 g/mol. The van der Waals surface area contributed by atoms with Crippen LogP contribution >= 0.6 is 0 Å². The van der Waals surface area contributed by atoms with Gasteiger partial charge in [-0.2, -0.15) is 0 Å². The summed E-state index contributed by atoms with van der Waals surface area (Å²) in [6.07, 6.45) is 0. The number of anilines is 1. The third-order valence-electron chi connectivity index (χ3n) is 4.45. The van der Waals surface area contributed by atoms with Gasteiger partial charge in [-0.15, -0.1) is 0 Å². The van der Waals surface area contributed by atoms with Gasteiger partial charge < -0.3 is 15.1 Å². The first-order valence-corrected chi connectivity index (χ1v) is 9.33. The van der Waals surface area contributed by atoms with E-state index in [1.54, 1.807) is 41.3 Å². The molecule has 0 radical (unpaired) electrons. The van der Waals surface area contributed by atoms with Crippen molar-refractivity contribution in [2.75, 3.05) is 31.1 Å². The second kappa shape index (κ2) is 7.96. The second-order valence-corrected chi connectivity index (χ2v) is 7.84. The summed E-state index contributed by atoms with van der Waals surface area (Å²) in [7, 11) is 0. The minimum atomic E-state index is -0.387. The van der Waals surface area contributed by atoms with Crippen LogP contribution in [-0.2, 0) is 0 Å². The number of hydrogen-bond acceptors (Lipinski definition) is 4. The summed E-state index contributed by atoms with van der Waals surface area (Å²) in [5.41, 5.74) is 0.613. The normalized spacial score (nSPS) is 14.7. The number of halogens is 1. The molecule has 0 saturated carbocycles. The molecule has 1 aromatic carbocycles. The zero-order valence-corrected chi connectivity index (χ0v) is 16.4. The number of amides is 2. The van der Waals surface area contributed by atoms with Crippen molar-refractivity contribution < 1.29 is 14.0 Å². The maximum absolute atomic E-state index is 14.0. The molecule has 3 rings (SSSR count). The lowest BCUT2D eigenvalue weighted by Crippen LogP contribution is -2.49. The zero-order chi connectivity index (χ0) is 20.3. The Kier molecular flexibility index (Phi) is 5.63. The third kappa shape index (κ3) is 4.65. The summed E-state index contributed by atoms with van der Waals surface area (Å²) in [6.45, 7) is 7.66. The van der Waals surface area contributed by atoms with Crippen molar-refractivity contribution in [2.45, 2.75) is 26.3 Å². The van der Waals surface area contributed by atoms with Crippen LogP contribution in [0.4, 0.5) is 10.1 Å². The first kappa shape index (κ1) is 19.8. The zero-order valence-electron chi connectivity index (χ0n) is 16.4. The van der Waals surface area contributed by atoms with Crippen molar-refractivity contribution in [1.29, 1.82) is 0 Å². The summed E-state index contributed by atoms with van der Waals surface area (Å²) >= 11 is 0. The van der Waals surface area contributed by atoms with Gasteiger partial charge >= 0.3 is 0 Å². The van der Waals surface area contributed by atoms with E-state index in [0.717, 1.165) is 0 Å². The number of carbonyl (C=O) groups is 2. The molecule has 0 spiro atoms. The molecule has 1 saturated heterocycles. The fraction of sp³-hybridized carbons (Fsp3) is 0.381. The Labute approximate surface area is 164 Å². The third-order valence-corrected chi connectivity index (χ3v) is 4.45. The van der Waals surface area contributed by atoms with Crippen molar-refractivity contribution in [2.24, 2.45) is 0 Å². The molecule has 7 heteroatoms. The SMILES string of the molecule is CC(C)(C)NC(=O)c1cccc(C(=O)N2CCN(c3ccccc3F)CC2)n1. The lowest BCUT2D eigenvalue weighted by atomic mass is 10.1. The summed E-state index contributed by atoms with van der Waals surface area (Å²) in [5.74, 6) is -0.799. The quantitative estimate of drug-likeness (QED) is 0.884. The molecule has 2 aromatic rings. The summed E-state index contributed by atoms with van der Waals surface area (Å²) in [5, 5.41) is 2.84. The molecule has 0 bridgehead atoms. The first-order valence-electron chi connectivity index (χ1n) is 9.33. The highest BCUT2D eigenvalue weighted by atomic mass is 19.1. The van der Waals surface area contributed by atoms with Gasteiger partial charge in [-0.05, 0) is 45.0 Å².